The molecule has 0 fully saturated rings. The first-order valence-electron chi connectivity index (χ1n) is 6.83. The third kappa shape index (κ3) is 3.28. The zero-order valence-electron chi connectivity index (χ0n) is 12.3. The first-order valence-corrected chi connectivity index (χ1v) is 8.69. The second kappa shape index (κ2) is 6.46. The van der Waals surface area contributed by atoms with Crippen LogP contribution in [0.15, 0.2) is 40.9 Å². The van der Waals surface area contributed by atoms with Crippen molar-refractivity contribution in [3.8, 4) is 10.7 Å². The second-order valence-electron chi connectivity index (χ2n) is 4.95. The highest BCUT2D eigenvalue weighted by Crippen LogP contribution is 2.23. The van der Waals surface area contributed by atoms with E-state index in [-0.39, 0.29) is 5.78 Å². The highest BCUT2D eigenvalue weighted by molar-refractivity contribution is 7.99. The monoisotopic (exact) mass is 329 g/mol. The fourth-order valence-electron chi connectivity index (χ4n) is 1.96. The zero-order chi connectivity index (χ0) is 15.5. The highest BCUT2D eigenvalue weighted by Gasteiger charge is 2.11. The van der Waals surface area contributed by atoms with Crippen LogP contribution in [0.25, 0.3) is 10.7 Å². The van der Waals surface area contributed by atoms with E-state index in [2.05, 4.69) is 15.2 Å². The van der Waals surface area contributed by atoms with E-state index < -0.39 is 0 Å². The van der Waals surface area contributed by atoms with Crippen molar-refractivity contribution in [1.82, 2.24) is 15.2 Å². The minimum Gasteiger partial charge on any atom is -0.293 e. The Bertz CT molecular complexity index is 794. The fourth-order valence-corrected chi connectivity index (χ4v) is 3.32. The molecule has 3 aromatic rings. The Morgan fingerprint density at radius 1 is 1.27 bits per heavy atom. The molecule has 1 N–H and O–H groups in total. The molecule has 0 unspecified atom stereocenters. The smallest absolute Gasteiger partial charge is 0.209 e. The number of carbonyl (C=O) groups excluding carboxylic acids is 1. The molecule has 0 aliphatic carbocycles. The Morgan fingerprint density at radius 2 is 2.14 bits per heavy atom. The quantitative estimate of drug-likeness (QED) is 0.565. The van der Waals surface area contributed by atoms with E-state index in [0.29, 0.717) is 10.9 Å². The molecule has 112 valence electrons. The van der Waals surface area contributed by atoms with Crippen LogP contribution in [0.5, 0.6) is 0 Å². The predicted molar refractivity (Wildman–Crippen MR) is 90.7 cm³/mol. The Morgan fingerprint density at radius 3 is 2.86 bits per heavy atom. The lowest BCUT2D eigenvalue weighted by Gasteiger charge is -2.03. The molecule has 0 spiro atoms. The summed E-state index contributed by atoms with van der Waals surface area (Å²) < 4.78 is 0. The van der Waals surface area contributed by atoms with E-state index in [1.807, 2.05) is 49.6 Å². The summed E-state index contributed by atoms with van der Waals surface area (Å²) >= 11 is 2.96. The number of H-pyrrole nitrogens is 1. The maximum Gasteiger partial charge on any atom is 0.209 e. The molecule has 22 heavy (non-hydrogen) atoms. The number of benzene rings is 1. The molecule has 0 radical (unpaired) electrons. The number of hydrogen-bond acceptors (Lipinski definition) is 5. The molecule has 2 heterocycles. The van der Waals surface area contributed by atoms with Gasteiger partial charge in [-0.3, -0.25) is 9.89 Å². The van der Waals surface area contributed by atoms with Crippen molar-refractivity contribution in [3.63, 3.8) is 0 Å². The number of Topliss-reactive ketones (excluding diaryl/α,β-unsaturated/α-hetero) is 1. The molecule has 2 aromatic heterocycles. The molecule has 0 aliphatic rings. The van der Waals surface area contributed by atoms with Crippen LogP contribution in [0.4, 0.5) is 0 Å². The largest absolute Gasteiger partial charge is 0.293 e. The van der Waals surface area contributed by atoms with E-state index in [1.54, 1.807) is 11.3 Å². The van der Waals surface area contributed by atoms with Crippen LogP contribution in [0.3, 0.4) is 0 Å². The topological polar surface area (TPSA) is 58.6 Å². The van der Waals surface area contributed by atoms with Gasteiger partial charge in [-0.25, -0.2) is 4.98 Å². The fraction of sp³-hybridized carbons (Fsp3) is 0.188. The summed E-state index contributed by atoms with van der Waals surface area (Å²) in [6, 6.07) is 9.75. The third-order valence-corrected chi connectivity index (χ3v) is 5.10. The molecule has 0 aliphatic heterocycles. The molecule has 6 heteroatoms. The number of aryl methyl sites for hydroxylation is 2. The molecular weight excluding hydrogens is 314 g/mol. The van der Waals surface area contributed by atoms with Gasteiger partial charge < -0.3 is 0 Å². The van der Waals surface area contributed by atoms with Gasteiger partial charge in [0.05, 0.1) is 10.6 Å². The summed E-state index contributed by atoms with van der Waals surface area (Å²) in [5.41, 5.74) is 3.07. The van der Waals surface area contributed by atoms with Gasteiger partial charge in [-0.15, -0.1) is 16.4 Å². The number of thioether (sulfide) groups is 1. The zero-order valence-corrected chi connectivity index (χ0v) is 13.9. The molecule has 0 bridgehead atoms. The number of thiophene rings is 1. The van der Waals surface area contributed by atoms with Crippen molar-refractivity contribution < 1.29 is 4.79 Å². The highest BCUT2D eigenvalue weighted by atomic mass is 32.2. The third-order valence-electron chi connectivity index (χ3n) is 3.38. The first kappa shape index (κ1) is 15.0. The average Bonchev–Trinajstić information content (AvgIpc) is 3.18. The van der Waals surface area contributed by atoms with Gasteiger partial charge in [0.25, 0.3) is 0 Å². The van der Waals surface area contributed by atoms with E-state index in [0.717, 1.165) is 21.8 Å². The van der Waals surface area contributed by atoms with Gasteiger partial charge in [0.15, 0.2) is 11.6 Å². The number of carbonyl (C=O) groups is 1. The summed E-state index contributed by atoms with van der Waals surface area (Å²) in [6.07, 6.45) is 0. The standard InChI is InChI=1S/C16H15N3OS2/c1-10-5-6-12(8-11(10)2)13(20)9-22-16-17-15(18-19-16)14-4-3-7-21-14/h3-8H,9H2,1-2H3,(H,17,18,19). The van der Waals surface area contributed by atoms with Crippen LogP contribution in [0, 0.1) is 13.8 Å². The number of aromatic amines is 1. The average molecular weight is 329 g/mol. The summed E-state index contributed by atoms with van der Waals surface area (Å²) in [5, 5.41) is 9.65. The molecule has 0 saturated carbocycles. The summed E-state index contributed by atoms with van der Waals surface area (Å²) in [5.74, 6) is 1.18. The number of aromatic nitrogens is 3. The minimum absolute atomic E-state index is 0.0931. The van der Waals surface area contributed by atoms with Gasteiger partial charge in [-0.05, 0) is 42.5 Å². The maximum atomic E-state index is 12.2. The van der Waals surface area contributed by atoms with Gasteiger partial charge >= 0.3 is 0 Å². The van der Waals surface area contributed by atoms with Crippen molar-refractivity contribution in [3.05, 3.63) is 52.4 Å². The van der Waals surface area contributed by atoms with Crippen molar-refractivity contribution in [2.24, 2.45) is 0 Å². The lowest BCUT2D eigenvalue weighted by atomic mass is 10.0. The predicted octanol–water partition coefficient (Wildman–Crippen LogP) is 4.13. The number of nitrogens with one attached hydrogen (secondary N) is 1. The molecule has 1 aromatic carbocycles. The van der Waals surface area contributed by atoms with Gasteiger partial charge in [0.2, 0.25) is 5.16 Å². The van der Waals surface area contributed by atoms with Crippen LogP contribution in [-0.4, -0.2) is 26.7 Å². The lowest BCUT2D eigenvalue weighted by Crippen LogP contribution is -2.03. The molecular formula is C16H15N3OS2. The lowest BCUT2D eigenvalue weighted by molar-refractivity contribution is 0.102. The molecule has 3 rings (SSSR count). The van der Waals surface area contributed by atoms with Crippen molar-refractivity contribution in [2.45, 2.75) is 19.0 Å². The number of nitrogens with zero attached hydrogens (tertiary/aromatic N) is 2. The van der Waals surface area contributed by atoms with Crippen LogP contribution in [0.2, 0.25) is 0 Å². The second-order valence-corrected chi connectivity index (χ2v) is 6.84. The Balaban J connectivity index is 1.65. The molecule has 0 amide bonds. The van der Waals surface area contributed by atoms with Crippen molar-refractivity contribution in [1.29, 1.82) is 0 Å². The summed E-state index contributed by atoms with van der Waals surface area (Å²) in [7, 11) is 0. The van der Waals surface area contributed by atoms with Gasteiger partial charge in [0.1, 0.15) is 0 Å². The van der Waals surface area contributed by atoms with Crippen LogP contribution in [0.1, 0.15) is 21.5 Å². The van der Waals surface area contributed by atoms with Crippen molar-refractivity contribution >= 4 is 28.9 Å². The summed E-state index contributed by atoms with van der Waals surface area (Å²) in [6.45, 7) is 4.06. The first-order chi connectivity index (χ1) is 10.6. The number of ketones is 1. The molecule has 0 saturated heterocycles. The van der Waals surface area contributed by atoms with Crippen LogP contribution in [-0.2, 0) is 0 Å². The van der Waals surface area contributed by atoms with E-state index in [1.165, 1.54) is 17.3 Å². The van der Waals surface area contributed by atoms with E-state index in [9.17, 15) is 4.79 Å². The van der Waals surface area contributed by atoms with Gasteiger partial charge in [-0.1, -0.05) is 30.0 Å². The Kier molecular flexibility index (Phi) is 4.40. The number of hydrogen-bond donors (Lipinski definition) is 1. The molecule has 4 nitrogen and oxygen atoms in total. The SMILES string of the molecule is Cc1ccc(C(=O)CSc2n[nH]c(-c3cccs3)n2)cc1C. The minimum atomic E-state index is 0.0931. The molecule has 0 atom stereocenters. The van der Waals surface area contributed by atoms with E-state index >= 15 is 0 Å². The van der Waals surface area contributed by atoms with Crippen LogP contribution < -0.4 is 0 Å². The van der Waals surface area contributed by atoms with E-state index in [4.69, 9.17) is 0 Å². The Labute approximate surface area is 137 Å². The van der Waals surface area contributed by atoms with Crippen LogP contribution >= 0.6 is 23.1 Å². The summed E-state index contributed by atoms with van der Waals surface area (Å²) in [4.78, 5) is 17.7. The van der Waals surface area contributed by atoms with Gasteiger partial charge in [-0.2, -0.15) is 0 Å². The van der Waals surface area contributed by atoms with Crippen molar-refractivity contribution in [2.75, 3.05) is 5.75 Å². The maximum absolute atomic E-state index is 12.2. The normalized spacial score (nSPS) is 10.8. The Hall–Kier alpha value is -1.92. The number of rotatable bonds is 5. The van der Waals surface area contributed by atoms with Gasteiger partial charge in [0, 0.05) is 5.56 Å².